The maximum atomic E-state index is 9.15. The van der Waals surface area contributed by atoms with Crippen molar-refractivity contribution in [1.82, 2.24) is 0 Å². The first-order valence-electron chi connectivity index (χ1n) is 4.90. The number of hydrogen-bond acceptors (Lipinski definition) is 4. The molecule has 88 valence electrons. The van der Waals surface area contributed by atoms with E-state index in [4.69, 9.17) is 19.7 Å². The lowest BCUT2D eigenvalue weighted by atomic mass is 10.1. The van der Waals surface area contributed by atoms with Crippen molar-refractivity contribution < 1.29 is 19.7 Å². The SMILES string of the molecule is COc1ccc(C=CC(O)CO)cc1OC. The lowest BCUT2D eigenvalue weighted by Gasteiger charge is -2.07. The minimum Gasteiger partial charge on any atom is -0.493 e. The van der Waals surface area contributed by atoms with Gasteiger partial charge in [0.25, 0.3) is 0 Å². The van der Waals surface area contributed by atoms with Crippen LogP contribution in [0.15, 0.2) is 24.3 Å². The molecule has 0 saturated heterocycles. The zero-order valence-corrected chi connectivity index (χ0v) is 9.38. The summed E-state index contributed by atoms with van der Waals surface area (Å²) in [6.45, 7) is -0.288. The molecule has 0 saturated carbocycles. The van der Waals surface area contributed by atoms with Crippen LogP contribution in [0.3, 0.4) is 0 Å². The lowest BCUT2D eigenvalue weighted by Crippen LogP contribution is -2.06. The normalized spacial score (nSPS) is 12.8. The van der Waals surface area contributed by atoms with E-state index in [1.165, 1.54) is 6.08 Å². The van der Waals surface area contributed by atoms with Gasteiger partial charge in [0.15, 0.2) is 11.5 Å². The largest absolute Gasteiger partial charge is 0.493 e. The Morgan fingerprint density at radius 3 is 2.50 bits per heavy atom. The van der Waals surface area contributed by atoms with Crippen LogP contribution in [-0.2, 0) is 0 Å². The van der Waals surface area contributed by atoms with Crippen molar-refractivity contribution in [2.24, 2.45) is 0 Å². The molecule has 1 aromatic rings. The lowest BCUT2D eigenvalue weighted by molar-refractivity contribution is 0.131. The number of benzene rings is 1. The van der Waals surface area contributed by atoms with E-state index >= 15 is 0 Å². The third-order valence-corrected chi connectivity index (χ3v) is 2.11. The molecule has 4 heteroatoms. The van der Waals surface area contributed by atoms with Crippen LogP contribution in [0.25, 0.3) is 6.08 Å². The molecule has 2 N–H and O–H groups in total. The third kappa shape index (κ3) is 3.25. The van der Waals surface area contributed by atoms with Crippen LogP contribution >= 0.6 is 0 Å². The molecule has 0 bridgehead atoms. The van der Waals surface area contributed by atoms with Crippen LogP contribution in [0, 0.1) is 0 Å². The first kappa shape index (κ1) is 12.5. The second-order valence-electron chi connectivity index (χ2n) is 3.22. The molecule has 1 unspecified atom stereocenters. The van der Waals surface area contributed by atoms with Gasteiger partial charge >= 0.3 is 0 Å². The Balaban J connectivity index is 2.86. The molecule has 1 atom stereocenters. The molecule has 0 aromatic heterocycles. The van der Waals surface area contributed by atoms with Gasteiger partial charge in [0.05, 0.1) is 26.9 Å². The highest BCUT2D eigenvalue weighted by Gasteiger charge is 2.03. The second kappa shape index (κ2) is 6.15. The quantitative estimate of drug-likeness (QED) is 0.785. The fourth-order valence-electron chi connectivity index (χ4n) is 1.24. The summed E-state index contributed by atoms with van der Waals surface area (Å²) in [5.41, 5.74) is 0.866. The van der Waals surface area contributed by atoms with Gasteiger partial charge in [0.1, 0.15) is 0 Å². The van der Waals surface area contributed by atoms with Crippen LogP contribution in [0.1, 0.15) is 5.56 Å². The molecule has 0 fully saturated rings. The average molecular weight is 224 g/mol. The van der Waals surface area contributed by atoms with E-state index in [2.05, 4.69) is 0 Å². The smallest absolute Gasteiger partial charge is 0.161 e. The van der Waals surface area contributed by atoms with Gasteiger partial charge in [-0.3, -0.25) is 0 Å². The van der Waals surface area contributed by atoms with Gasteiger partial charge in [0.2, 0.25) is 0 Å². The first-order chi connectivity index (χ1) is 7.71. The Morgan fingerprint density at radius 1 is 1.25 bits per heavy atom. The van der Waals surface area contributed by atoms with Gasteiger partial charge in [-0.1, -0.05) is 18.2 Å². The monoisotopic (exact) mass is 224 g/mol. The number of ether oxygens (including phenoxy) is 2. The predicted molar refractivity (Wildman–Crippen MR) is 61.7 cm³/mol. The van der Waals surface area contributed by atoms with Crippen LogP contribution in [0.2, 0.25) is 0 Å². The minimum absolute atomic E-state index is 0.288. The van der Waals surface area contributed by atoms with Gasteiger partial charge in [0, 0.05) is 0 Å². The fourth-order valence-corrected chi connectivity index (χ4v) is 1.24. The zero-order chi connectivity index (χ0) is 12.0. The molecule has 16 heavy (non-hydrogen) atoms. The standard InChI is InChI=1S/C12H16O4/c1-15-11-6-4-9(7-12(11)16-2)3-5-10(14)8-13/h3-7,10,13-14H,8H2,1-2H3. The van der Waals surface area contributed by atoms with Gasteiger partial charge in [-0.05, 0) is 17.7 Å². The minimum atomic E-state index is -0.840. The average Bonchev–Trinajstić information content (AvgIpc) is 2.35. The number of rotatable bonds is 5. The molecule has 0 radical (unpaired) electrons. The Kier molecular flexibility index (Phi) is 4.82. The highest BCUT2D eigenvalue weighted by atomic mass is 16.5. The Bertz CT molecular complexity index is 360. The van der Waals surface area contributed by atoms with Gasteiger partial charge in [-0.25, -0.2) is 0 Å². The molecule has 0 aliphatic rings. The molecule has 0 heterocycles. The van der Waals surface area contributed by atoms with E-state index in [1.54, 1.807) is 32.4 Å². The summed E-state index contributed by atoms with van der Waals surface area (Å²) in [6.07, 6.45) is 2.39. The number of methoxy groups -OCH3 is 2. The molecular weight excluding hydrogens is 208 g/mol. The van der Waals surface area contributed by atoms with E-state index in [-0.39, 0.29) is 6.61 Å². The van der Waals surface area contributed by atoms with Crippen LogP contribution in [-0.4, -0.2) is 37.1 Å². The second-order valence-corrected chi connectivity index (χ2v) is 3.22. The first-order valence-corrected chi connectivity index (χ1v) is 4.90. The van der Waals surface area contributed by atoms with E-state index in [0.717, 1.165) is 5.56 Å². The van der Waals surface area contributed by atoms with Crippen molar-refractivity contribution in [3.8, 4) is 11.5 Å². The predicted octanol–water partition coefficient (Wildman–Crippen LogP) is 1.07. The molecule has 0 aliphatic carbocycles. The number of aliphatic hydroxyl groups is 2. The summed E-state index contributed by atoms with van der Waals surface area (Å²) in [5.74, 6) is 1.28. The fraction of sp³-hybridized carbons (Fsp3) is 0.333. The molecule has 0 amide bonds. The van der Waals surface area contributed by atoms with Crippen LogP contribution in [0.4, 0.5) is 0 Å². The number of aliphatic hydroxyl groups excluding tert-OH is 2. The van der Waals surface area contributed by atoms with Crippen LogP contribution in [0.5, 0.6) is 11.5 Å². The van der Waals surface area contributed by atoms with Gasteiger partial charge < -0.3 is 19.7 Å². The summed E-state index contributed by atoms with van der Waals surface area (Å²) in [6, 6.07) is 5.41. The van der Waals surface area contributed by atoms with Crippen molar-refractivity contribution >= 4 is 6.08 Å². The van der Waals surface area contributed by atoms with Gasteiger partial charge in [-0.15, -0.1) is 0 Å². The Hall–Kier alpha value is -1.52. The maximum absolute atomic E-state index is 9.15. The van der Waals surface area contributed by atoms with E-state index in [1.807, 2.05) is 6.07 Å². The van der Waals surface area contributed by atoms with Gasteiger partial charge in [-0.2, -0.15) is 0 Å². The molecular formula is C12H16O4. The summed E-state index contributed by atoms with van der Waals surface area (Å²) in [7, 11) is 3.14. The third-order valence-electron chi connectivity index (χ3n) is 2.11. The topological polar surface area (TPSA) is 58.9 Å². The molecule has 1 aromatic carbocycles. The number of hydrogen-bond donors (Lipinski definition) is 2. The highest BCUT2D eigenvalue weighted by Crippen LogP contribution is 2.27. The van der Waals surface area contributed by atoms with E-state index in [9.17, 15) is 0 Å². The molecule has 0 spiro atoms. The van der Waals surface area contributed by atoms with Crippen molar-refractivity contribution in [3.05, 3.63) is 29.8 Å². The Labute approximate surface area is 94.7 Å². The van der Waals surface area contributed by atoms with Crippen molar-refractivity contribution in [3.63, 3.8) is 0 Å². The summed E-state index contributed by atoms with van der Waals surface area (Å²) in [5, 5.41) is 17.8. The molecule has 1 rings (SSSR count). The van der Waals surface area contributed by atoms with Crippen molar-refractivity contribution in [2.45, 2.75) is 6.10 Å². The molecule has 0 aliphatic heterocycles. The maximum Gasteiger partial charge on any atom is 0.161 e. The van der Waals surface area contributed by atoms with Crippen molar-refractivity contribution in [2.75, 3.05) is 20.8 Å². The summed E-state index contributed by atoms with van der Waals surface area (Å²) < 4.78 is 10.2. The summed E-state index contributed by atoms with van der Waals surface area (Å²) >= 11 is 0. The molecule has 4 nitrogen and oxygen atoms in total. The zero-order valence-electron chi connectivity index (χ0n) is 9.38. The Morgan fingerprint density at radius 2 is 1.94 bits per heavy atom. The van der Waals surface area contributed by atoms with Crippen molar-refractivity contribution in [1.29, 1.82) is 0 Å². The van der Waals surface area contributed by atoms with Crippen LogP contribution < -0.4 is 9.47 Å². The van der Waals surface area contributed by atoms with E-state index < -0.39 is 6.10 Å². The highest BCUT2D eigenvalue weighted by molar-refractivity contribution is 5.56. The van der Waals surface area contributed by atoms with E-state index in [0.29, 0.717) is 11.5 Å². The summed E-state index contributed by atoms with van der Waals surface area (Å²) in [4.78, 5) is 0.